The van der Waals surface area contributed by atoms with Gasteiger partial charge in [0.15, 0.2) is 0 Å². The van der Waals surface area contributed by atoms with Crippen LogP contribution in [0.3, 0.4) is 0 Å². The molecule has 2 nitrogen and oxygen atoms in total. The molecule has 0 aromatic heterocycles. The minimum Gasteiger partial charge on any atom is -0.396 e. The maximum Gasteiger partial charge on any atom is 0.0474 e. The van der Waals surface area contributed by atoms with Gasteiger partial charge >= 0.3 is 0 Å². The Balaban J connectivity index is 2.82. The molecule has 3 N–H and O–H groups in total. The quantitative estimate of drug-likeness (QED) is 0.855. The summed E-state index contributed by atoms with van der Waals surface area (Å²) in [6.07, 6.45) is 0. The molecule has 3 heteroatoms. The van der Waals surface area contributed by atoms with Crippen LogP contribution in [0.15, 0.2) is 28.7 Å². The van der Waals surface area contributed by atoms with Crippen LogP contribution in [0, 0.1) is 5.92 Å². The summed E-state index contributed by atoms with van der Waals surface area (Å²) in [6, 6.07) is 7.77. The van der Waals surface area contributed by atoms with E-state index in [0.717, 1.165) is 10.0 Å². The molecule has 13 heavy (non-hydrogen) atoms. The first-order valence-corrected chi connectivity index (χ1v) is 5.06. The predicted octanol–water partition coefficient (Wildman–Crippen LogP) is 2.08. The summed E-state index contributed by atoms with van der Waals surface area (Å²) in [4.78, 5) is 0. The highest BCUT2D eigenvalue weighted by molar-refractivity contribution is 9.10. The maximum atomic E-state index is 8.94. The lowest BCUT2D eigenvalue weighted by Crippen LogP contribution is -2.21. The van der Waals surface area contributed by atoms with E-state index in [1.807, 2.05) is 31.2 Å². The fourth-order valence-corrected chi connectivity index (χ4v) is 1.57. The molecular formula is C10H14BrNO. The number of nitrogens with two attached hydrogens (primary N) is 1. The van der Waals surface area contributed by atoms with Crippen molar-refractivity contribution in [3.63, 3.8) is 0 Å². The third-order valence-corrected chi connectivity index (χ3v) is 2.63. The molecule has 0 bridgehead atoms. The first-order valence-electron chi connectivity index (χ1n) is 4.27. The fraction of sp³-hybridized carbons (Fsp3) is 0.400. The topological polar surface area (TPSA) is 46.2 Å². The second kappa shape index (κ2) is 4.74. The Kier molecular flexibility index (Phi) is 3.90. The van der Waals surface area contributed by atoms with Crippen LogP contribution in [0.1, 0.15) is 18.5 Å². The van der Waals surface area contributed by atoms with E-state index in [4.69, 9.17) is 10.8 Å². The molecule has 72 valence electrons. The van der Waals surface area contributed by atoms with Crippen LogP contribution in [-0.2, 0) is 0 Å². The zero-order valence-electron chi connectivity index (χ0n) is 7.57. The zero-order chi connectivity index (χ0) is 9.84. The van der Waals surface area contributed by atoms with Crippen LogP contribution in [0.5, 0.6) is 0 Å². The smallest absolute Gasteiger partial charge is 0.0474 e. The van der Waals surface area contributed by atoms with Crippen molar-refractivity contribution in [3.8, 4) is 0 Å². The number of rotatable bonds is 3. The van der Waals surface area contributed by atoms with Gasteiger partial charge in [0.2, 0.25) is 0 Å². The summed E-state index contributed by atoms with van der Waals surface area (Å²) in [5, 5.41) is 8.94. The summed E-state index contributed by atoms with van der Waals surface area (Å²) >= 11 is 3.38. The van der Waals surface area contributed by atoms with Crippen LogP contribution in [0.25, 0.3) is 0 Å². The van der Waals surface area contributed by atoms with Gasteiger partial charge in [-0.15, -0.1) is 0 Å². The Morgan fingerprint density at radius 3 is 2.77 bits per heavy atom. The highest BCUT2D eigenvalue weighted by Gasteiger charge is 2.13. The second-order valence-electron chi connectivity index (χ2n) is 3.24. The van der Waals surface area contributed by atoms with Gasteiger partial charge in [0, 0.05) is 17.1 Å². The van der Waals surface area contributed by atoms with Crippen molar-refractivity contribution < 1.29 is 5.11 Å². The molecule has 0 radical (unpaired) electrons. The normalized spacial score (nSPS) is 15.4. The van der Waals surface area contributed by atoms with Crippen LogP contribution in [0.4, 0.5) is 0 Å². The van der Waals surface area contributed by atoms with E-state index in [0.29, 0.717) is 0 Å². The number of halogens is 1. The zero-order valence-corrected chi connectivity index (χ0v) is 9.16. The summed E-state index contributed by atoms with van der Waals surface area (Å²) in [5.74, 6) is 0.0919. The number of benzene rings is 1. The molecule has 1 aromatic carbocycles. The van der Waals surface area contributed by atoms with Crippen molar-refractivity contribution in [1.82, 2.24) is 0 Å². The average Bonchev–Trinajstić information content (AvgIpc) is 2.15. The van der Waals surface area contributed by atoms with Gasteiger partial charge in [0.25, 0.3) is 0 Å². The van der Waals surface area contributed by atoms with Gasteiger partial charge in [0.05, 0.1) is 0 Å². The van der Waals surface area contributed by atoms with Gasteiger partial charge < -0.3 is 10.8 Å². The minimum atomic E-state index is -0.0949. The number of hydrogen-bond acceptors (Lipinski definition) is 2. The van der Waals surface area contributed by atoms with Gasteiger partial charge in [-0.2, -0.15) is 0 Å². The van der Waals surface area contributed by atoms with Crippen LogP contribution in [0.2, 0.25) is 0 Å². The van der Waals surface area contributed by atoms with Crippen LogP contribution in [-0.4, -0.2) is 11.7 Å². The molecule has 0 saturated heterocycles. The van der Waals surface area contributed by atoms with Crippen molar-refractivity contribution >= 4 is 15.9 Å². The lowest BCUT2D eigenvalue weighted by molar-refractivity contribution is 0.217. The predicted molar refractivity (Wildman–Crippen MR) is 57.3 cm³/mol. The molecule has 0 aliphatic heterocycles. The van der Waals surface area contributed by atoms with E-state index in [-0.39, 0.29) is 18.6 Å². The van der Waals surface area contributed by atoms with Gasteiger partial charge in [-0.05, 0) is 23.6 Å². The van der Waals surface area contributed by atoms with E-state index in [1.165, 1.54) is 0 Å². The van der Waals surface area contributed by atoms with Crippen molar-refractivity contribution in [2.45, 2.75) is 13.0 Å². The summed E-state index contributed by atoms with van der Waals surface area (Å²) in [7, 11) is 0. The first-order chi connectivity index (χ1) is 6.15. The van der Waals surface area contributed by atoms with Crippen LogP contribution >= 0.6 is 15.9 Å². The lowest BCUT2D eigenvalue weighted by atomic mass is 9.96. The maximum absolute atomic E-state index is 8.94. The third kappa shape index (κ3) is 2.79. The Morgan fingerprint density at radius 2 is 2.23 bits per heavy atom. The van der Waals surface area contributed by atoms with E-state index >= 15 is 0 Å². The van der Waals surface area contributed by atoms with Crippen molar-refractivity contribution in [2.75, 3.05) is 6.61 Å². The molecule has 0 aliphatic carbocycles. The summed E-state index contributed by atoms with van der Waals surface area (Å²) < 4.78 is 1.02. The Labute approximate surface area is 86.9 Å². The van der Waals surface area contributed by atoms with E-state index in [2.05, 4.69) is 15.9 Å². The van der Waals surface area contributed by atoms with Gasteiger partial charge in [-0.25, -0.2) is 0 Å². The monoisotopic (exact) mass is 243 g/mol. The number of aliphatic hydroxyl groups excluding tert-OH is 1. The first kappa shape index (κ1) is 10.7. The molecule has 0 spiro atoms. The Bertz CT molecular complexity index is 277. The molecule has 1 aromatic rings. The van der Waals surface area contributed by atoms with Crippen LogP contribution < -0.4 is 5.73 Å². The molecule has 0 aliphatic rings. The van der Waals surface area contributed by atoms with Gasteiger partial charge in [-0.3, -0.25) is 0 Å². The fourth-order valence-electron chi connectivity index (χ4n) is 1.16. The largest absolute Gasteiger partial charge is 0.396 e. The summed E-state index contributed by atoms with van der Waals surface area (Å²) in [6.45, 7) is 2.05. The third-order valence-electron chi connectivity index (χ3n) is 2.13. The standard InChI is InChI=1S/C10H14BrNO/c1-7(6-13)10(12)8-3-2-4-9(11)5-8/h2-5,7,10,13H,6,12H2,1H3. The highest BCUT2D eigenvalue weighted by Crippen LogP contribution is 2.21. The Morgan fingerprint density at radius 1 is 1.54 bits per heavy atom. The summed E-state index contributed by atoms with van der Waals surface area (Å²) in [5.41, 5.74) is 6.99. The van der Waals surface area contributed by atoms with E-state index < -0.39 is 0 Å². The molecule has 1 rings (SSSR count). The number of hydrogen-bond donors (Lipinski definition) is 2. The van der Waals surface area contributed by atoms with E-state index in [9.17, 15) is 0 Å². The van der Waals surface area contributed by atoms with Crippen molar-refractivity contribution in [1.29, 1.82) is 0 Å². The SMILES string of the molecule is CC(CO)C(N)c1cccc(Br)c1. The number of aliphatic hydroxyl groups is 1. The van der Waals surface area contributed by atoms with Crippen molar-refractivity contribution in [3.05, 3.63) is 34.3 Å². The van der Waals surface area contributed by atoms with Gasteiger partial charge in [0.1, 0.15) is 0 Å². The molecule has 0 heterocycles. The van der Waals surface area contributed by atoms with Crippen molar-refractivity contribution in [2.24, 2.45) is 11.7 Å². The molecule has 0 fully saturated rings. The van der Waals surface area contributed by atoms with E-state index in [1.54, 1.807) is 0 Å². The minimum absolute atomic E-state index is 0.0919. The lowest BCUT2D eigenvalue weighted by Gasteiger charge is -2.17. The molecule has 0 amide bonds. The average molecular weight is 244 g/mol. The molecule has 2 atom stereocenters. The van der Waals surface area contributed by atoms with Gasteiger partial charge in [-0.1, -0.05) is 35.0 Å². The Hall–Kier alpha value is -0.380. The molecule has 2 unspecified atom stereocenters. The highest BCUT2D eigenvalue weighted by atomic mass is 79.9. The molecule has 0 saturated carbocycles. The molecular weight excluding hydrogens is 230 g/mol. The second-order valence-corrected chi connectivity index (χ2v) is 4.16.